The Morgan fingerprint density at radius 3 is 3.00 bits per heavy atom. The highest BCUT2D eigenvalue weighted by Crippen LogP contribution is 1.84. The molecule has 0 saturated carbocycles. The fourth-order valence-electron chi connectivity index (χ4n) is 0.690. The summed E-state index contributed by atoms with van der Waals surface area (Å²) in [5.41, 5.74) is 0. The summed E-state index contributed by atoms with van der Waals surface area (Å²) in [6.07, 6.45) is 1.64. The Morgan fingerprint density at radius 2 is 2.50 bits per heavy atom. The molecular formula is C8H15NO3. The van der Waals surface area contributed by atoms with Crippen molar-refractivity contribution >= 4 is 5.91 Å². The third-order valence-electron chi connectivity index (χ3n) is 1.15. The molecule has 0 aromatic rings. The van der Waals surface area contributed by atoms with Gasteiger partial charge in [-0.1, -0.05) is 6.08 Å². The van der Waals surface area contributed by atoms with E-state index in [0.717, 1.165) is 0 Å². The van der Waals surface area contributed by atoms with Crippen LogP contribution >= 0.6 is 0 Å². The zero-order valence-electron chi connectivity index (χ0n) is 7.25. The standard InChI is InChI=1S/C8H15NO3/c1-3-4-12-6-7(2)9-8(11)5-10/h3,7,10H,1,4-6H2,2H3,(H,9,11). The molecule has 0 fully saturated rings. The van der Waals surface area contributed by atoms with Crippen LogP contribution in [0.1, 0.15) is 6.92 Å². The van der Waals surface area contributed by atoms with Crippen molar-refractivity contribution in [2.24, 2.45) is 0 Å². The van der Waals surface area contributed by atoms with Crippen molar-refractivity contribution in [3.05, 3.63) is 12.7 Å². The fraction of sp³-hybridized carbons (Fsp3) is 0.625. The van der Waals surface area contributed by atoms with E-state index in [2.05, 4.69) is 11.9 Å². The summed E-state index contributed by atoms with van der Waals surface area (Å²) in [5.74, 6) is -0.385. The second kappa shape index (κ2) is 6.82. The van der Waals surface area contributed by atoms with Gasteiger partial charge in [0.25, 0.3) is 0 Å². The van der Waals surface area contributed by atoms with E-state index in [0.29, 0.717) is 13.2 Å². The molecule has 4 nitrogen and oxygen atoms in total. The third-order valence-corrected chi connectivity index (χ3v) is 1.15. The van der Waals surface area contributed by atoms with E-state index in [9.17, 15) is 4.79 Å². The first-order valence-corrected chi connectivity index (χ1v) is 3.79. The lowest BCUT2D eigenvalue weighted by molar-refractivity contribution is -0.124. The van der Waals surface area contributed by atoms with Crippen LogP contribution in [0.3, 0.4) is 0 Å². The number of rotatable bonds is 6. The molecule has 0 spiro atoms. The minimum atomic E-state index is -0.480. The summed E-state index contributed by atoms with van der Waals surface area (Å²) in [7, 11) is 0. The second-order valence-electron chi connectivity index (χ2n) is 2.45. The molecule has 0 saturated heterocycles. The molecule has 2 N–H and O–H groups in total. The number of aliphatic hydroxyl groups is 1. The first-order valence-electron chi connectivity index (χ1n) is 3.79. The smallest absolute Gasteiger partial charge is 0.245 e. The molecule has 0 rings (SSSR count). The van der Waals surface area contributed by atoms with Gasteiger partial charge in [0, 0.05) is 6.04 Å². The third kappa shape index (κ3) is 5.88. The first-order chi connectivity index (χ1) is 5.70. The zero-order valence-corrected chi connectivity index (χ0v) is 7.25. The number of aliphatic hydroxyl groups excluding tert-OH is 1. The Labute approximate surface area is 72.2 Å². The lowest BCUT2D eigenvalue weighted by Crippen LogP contribution is -2.37. The molecule has 4 heteroatoms. The molecule has 12 heavy (non-hydrogen) atoms. The number of ether oxygens (including phenoxy) is 1. The van der Waals surface area contributed by atoms with Crippen molar-refractivity contribution < 1.29 is 14.6 Å². The lowest BCUT2D eigenvalue weighted by Gasteiger charge is -2.12. The summed E-state index contributed by atoms with van der Waals surface area (Å²) in [4.78, 5) is 10.6. The predicted molar refractivity (Wildman–Crippen MR) is 45.7 cm³/mol. The Bertz CT molecular complexity index is 147. The molecule has 1 unspecified atom stereocenters. The van der Waals surface area contributed by atoms with Gasteiger partial charge in [0.15, 0.2) is 0 Å². The monoisotopic (exact) mass is 173 g/mol. The molecule has 1 atom stereocenters. The average molecular weight is 173 g/mol. The van der Waals surface area contributed by atoms with Gasteiger partial charge in [0.1, 0.15) is 6.61 Å². The maximum atomic E-state index is 10.6. The molecule has 0 aromatic carbocycles. The molecule has 0 bridgehead atoms. The van der Waals surface area contributed by atoms with Crippen molar-refractivity contribution in [3.8, 4) is 0 Å². The second-order valence-corrected chi connectivity index (χ2v) is 2.45. The maximum Gasteiger partial charge on any atom is 0.245 e. The molecule has 0 radical (unpaired) electrons. The van der Waals surface area contributed by atoms with E-state index in [4.69, 9.17) is 9.84 Å². The van der Waals surface area contributed by atoms with Crippen LogP contribution in [0.2, 0.25) is 0 Å². The summed E-state index contributed by atoms with van der Waals surface area (Å²) in [6.45, 7) is 5.70. The molecule has 0 heterocycles. The van der Waals surface area contributed by atoms with Crippen LogP contribution in [0.4, 0.5) is 0 Å². The quantitative estimate of drug-likeness (QED) is 0.428. The Kier molecular flexibility index (Phi) is 6.32. The number of nitrogens with one attached hydrogen (secondary N) is 1. The highest BCUT2D eigenvalue weighted by atomic mass is 16.5. The summed E-state index contributed by atoms with van der Waals surface area (Å²) in [6, 6.07) is -0.0791. The van der Waals surface area contributed by atoms with Gasteiger partial charge in [-0.25, -0.2) is 0 Å². The first kappa shape index (κ1) is 11.1. The highest BCUT2D eigenvalue weighted by molar-refractivity contribution is 5.77. The number of carbonyl (C=O) groups excluding carboxylic acids is 1. The SMILES string of the molecule is C=CCOCC(C)NC(=O)CO. The Balaban J connectivity index is 3.38. The number of hydrogen-bond acceptors (Lipinski definition) is 3. The van der Waals surface area contributed by atoms with Crippen LogP contribution in [0.25, 0.3) is 0 Å². The normalized spacial score (nSPS) is 12.2. The highest BCUT2D eigenvalue weighted by Gasteiger charge is 2.04. The van der Waals surface area contributed by atoms with Gasteiger partial charge in [-0.2, -0.15) is 0 Å². The van der Waals surface area contributed by atoms with Gasteiger partial charge >= 0.3 is 0 Å². The predicted octanol–water partition coefficient (Wildman–Crippen LogP) is -0.314. The molecule has 0 aliphatic rings. The van der Waals surface area contributed by atoms with Gasteiger partial charge in [0.2, 0.25) is 5.91 Å². The van der Waals surface area contributed by atoms with E-state index in [-0.39, 0.29) is 11.9 Å². The average Bonchev–Trinajstić information content (AvgIpc) is 2.05. The molecule has 0 aromatic heterocycles. The number of carbonyl (C=O) groups is 1. The van der Waals surface area contributed by atoms with E-state index in [1.165, 1.54) is 0 Å². The topological polar surface area (TPSA) is 58.6 Å². The van der Waals surface area contributed by atoms with Crippen molar-refractivity contribution in [2.45, 2.75) is 13.0 Å². The summed E-state index contributed by atoms with van der Waals surface area (Å²) in [5, 5.41) is 10.9. The van der Waals surface area contributed by atoms with Gasteiger partial charge in [0.05, 0.1) is 13.2 Å². The number of amides is 1. The van der Waals surface area contributed by atoms with Crippen LogP contribution in [0.5, 0.6) is 0 Å². The molecular weight excluding hydrogens is 158 g/mol. The molecule has 0 aliphatic carbocycles. The Hall–Kier alpha value is -0.870. The lowest BCUT2D eigenvalue weighted by atomic mass is 10.3. The summed E-state index contributed by atoms with van der Waals surface area (Å²) >= 11 is 0. The van der Waals surface area contributed by atoms with Crippen molar-refractivity contribution in [1.82, 2.24) is 5.32 Å². The number of hydrogen-bond donors (Lipinski definition) is 2. The van der Waals surface area contributed by atoms with Crippen LogP contribution in [-0.4, -0.2) is 36.9 Å². The van der Waals surface area contributed by atoms with E-state index in [1.807, 2.05) is 0 Å². The molecule has 0 aliphatic heterocycles. The largest absolute Gasteiger partial charge is 0.387 e. The van der Waals surface area contributed by atoms with E-state index in [1.54, 1.807) is 13.0 Å². The van der Waals surface area contributed by atoms with Gasteiger partial charge in [-0.15, -0.1) is 6.58 Å². The van der Waals surface area contributed by atoms with Gasteiger partial charge < -0.3 is 15.2 Å². The van der Waals surface area contributed by atoms with Crippen LogP contribution in [0, 0.1) is 0 Å². The van der Waals surface area contributed by atoms with E-state index < -0.39 is 6.61 Å². The van der Waals surface area contributed by atoms with Crippen LogP contribution in [0.15, 0.2) is 12.7 Å². The minimum absolute atomic E-state index is 0.0791. The summed E-state index contributed by atoms with van der Waals surface area (Å²) < 4.78 is 5.08. The Morgan fingerprint density at radius 1 is 1.83 bits per heavy atom. The molecule has 1 amide bonds. The minimum Gasteiger partial charge on any atom is -0.387 e. The van der Waals surface area contributed by atoms with Gasteiger partial charge in [-0.3, -0.25) is 4.79 Å². The van der Waals surface area contributed by atoms with Crippen LogP contribution < -0.4 is 5.32 Å². The zero-order chi connectivity index (χ0) is 9.40. The van der Waals surface area contributed by atoms with E-state index >= 15 is 0 Å². The van der Waals surface area contributed by atoms with Crippen molar-refractivity contribution in [3.63, 3.8) is 0 Å². The fourth-order valence-corrected chi connectivity index (χ4v) is 0.690. The van der Waals surface area contributed by atoms with Crippen LogP contribution in [-0.2, 0) is 9.53 Å². The van der Waals surface area contributed by atoms with Gasteiger partial charge in [-0.05, 0) is 6.92 Å². The molecule has 70 valence electrons. The van der Waals surface area contributed by atoms with Crippen molar-refractivity contribution in [1.29, 1.82) is 0 Å². The van der Waals surface area contributed by atoms with Crippen molar-refractivity contribution in [2.75, 3.05) is 19.8 Å². The maximum absolute atomic E-state index is 10.6.